The van der Waals surface area contributed by atoms with Gasteiger partial charge in [0.05, 0.1) is 13.2 Å². The number of nitrogens with one attached hydrogen (secondary N) is 1. The Bertz CT molecular complexity index is 708. The maximum atomic E-state index is 13.1. The molecule has 1 amide bonds. The molecular formula is C19H20FNO2. The normalized spacial score (nSPS) is 15.1. The Labute approximate surface area is 135 Å². The predicted molar refractivity (Wildman–Crippen MR) is 87.1 cm³/mol. The minimum Gasteiger partial charge on any atom is -0.496 e. The van der Waals surface area contributed by atoms with Crippen LogP contribution in [0.2, 0.25) is 0 Å². The van der Waals surface area contributed by atoms with Crippen LogP contribution < -0.4 is 10.1 Å². The van der Waals surface area contributed by atoms with Crippen molar-refractivity contribution in [3.05, 3.63) is 65.0 Å². The van der Waals surface area contributed by atoms with Crippen LogP contribution >= 0.6 is 0 Å². The van der Waals surface area contributed by atoms with Crippen molar-refractivity contribution in [1.82, 2.24) is 5.32 Å². The molecule has 1 N–H and O–H groups in total. The van der Waals surface area contributed by atoms with Crippen molar-refractivity contribution in [2.75, 3.05) is 7.11 Å². The van der Waals surface area contributed by atoms with E-state index in [1.807, 2.05) is 13.0 Å². The van der Waals surface area contributed by atoms with E-state index in [1.54, 1.807) is 31.4 Å². The van der Waals surface area contributed by atoms with E-state index in [4.69, 9.17) is 4.74 Å². The Morgan fingerprint density at radius 1 is 1.22 bits per heavy atom. The molecule has 1 aliphatic carbocycles. The van der Waals surface area contributed by atoms with Crippen molar-refractivity contribution >= 4 is 5.91 Å². The summed E-state index contributed by atoms with van der Waals surface area (Å²) in [7, 11) is 1.59. The third kappa shape index (κ3) is 3.52. The van der Waals surface area contributed by atoms with E-state index in [0.29, 0.717) is 17.2 Å². The van der Waals surface area contributed by atoms with Gasteiger partial charge in [0, 0.05) is 5.56 Å². The molecule has 0 radical (unpaired) electrons. The number of methoxy groups -OCH3 is 1. The van der Waals surface area contributed by atoms with Gasteiger partial charge in [0.2, 0.25) is 0 Å². The molecule has 0 heterocycles. The van der Waals surface area contributed by atoms with E-state index < -0.39 is 0 Å². The fourth-order valence-corrected chi connectivity index (χ4v) is 2.76. The number of hydrogen-bond acceptors (Lipinski definition) is 2. The molecule has 2 aromatic carbocycles. The summed E-state index contributed by atoms with van der Waals surface area (Å²) in [5.74, 6) is 0.724. The van der Waals surface area contributed by atoms with Crippen LogP contribution in [0.25, 0.3) is 0 Å². The predicted octanol–water partition coefficient (Wildman–Crippen LogP) is 4.02. The Hall–Kier alpha value is -2.36. The van der Waals surface area contributed by atoms with Gasteiger partial charge in [0.25, 0.3) is 5.91 Å². The average molecular weight is 313 g/mol. The zero-order valence-corrected chi connectivity index (χ0v) is 13.3. The van der Waals surface area contributed by atoms with Gasteiger partial charge in [-0.25, -0.2) is 4.39 Å². The second-order valence-electron chi connectivity index (χ2n) is 6.02. The zero-order valence-electron chi connectivity index (χ0n) is 13.3. The monoisotopic (exact) mass is 313 g/mol. The van der Waals surface area contributed by atoms with Crippen molar-refractivity contribution in [2.45, 2.75) is 25.8 Å². The van der Waals surface area contributed by atoms with Gasteiger partial charge < -0.3 is 10.1 Å². The molecule has 3 nitrogen and oxygen atoms in total. The lowest BCUT2D eigenvalue weighted by molar-refractivity contribution is 0.0931. The van der Waals surface area contributed by atoms with Crippen LogP contribution in [-0.2, 0) is 0 Å². The Morgan fingerprint density at radius 2 is 1.91 bits per heavy atom. The number of benzene rings is 2. The zero-order chi connectivity index (χ0) is 16.4. The Balaban J connectivity index is 1.80. The highest BCUT2D eigenvalue weighted by atomic mass is 19.1. The number of hydrogen-bond donors (Lipinski definition) is 1. The standard InChI is InChI=1S/C19H20FNO2/c1-12-3-4-15(11-17(12)23-2)19(22)21-18(13-5-6-13)14-7-9-16(20)10-8-14/h3-4,7-11,13,18H,5-6H2,1-2H3,(H,21,22). The highest BCUT2D eigenvalue weighted by molar-refractivity contribution is 5.95. The molecule has 2 aromatic rings. The van der Waals surface area contributed by atoms with Gasteiger partial charge in [0.15, 0.2) is 0 Å². The molecular weight excluding hydrogens is 293 g/mol. The summed E-state index contributed by atoms with van der Waals surface area (Å²) in [6.07, 6.45) is 2.17. The SMILES string of the molecule is COc1cc(C(=O)NC(c2ccc(F)cc2)C2CC2)ccc1C. The summed E-state index contributed by atoms with van der Waals surface area (Å²) in [6, 6.07) is 11.7. The number of rotatable bonds is 5. The van der Waals surface area contributed by atoms with E-state index in [2.05, 4.69) is 5.32 Å². The average Bonchev–Trinajstić information content (AvgIpc) is 3.38. The summed E-state index contributed by atoms with van der Waals surface area (Å²) < 4.78 is 18.4. The van der Waals surface area contributed by atoms with Gasteiger partial charge in [-0.3, -0.25) is 4.79 Å². The molecule has 0 aliphatic heterocycles. The highest BCUT2D eigenvalue weighted by Gasteiger charge is 2.33. The summed E-state index contributed by atoms with van der Waals surface area (Å²) >= 11 is 0. The maximum absolute atomic E-state index is 13.1. The Kier molecular flexibility index (Phi) is 4.33. The number of amides is 1. The van der Waals surface area contributed by atoms with E-state index >= 15 is 0 Å². The summed E-state index contributed by atoms with van der Waals surface area (Å²) in [5, 5.41) is 3.08. The second-order valence-corrected chi connectivity index (χ2v) is 6.02. The topological polar surface area (TPSA) is 38.3 Å². The summed E-state index contributed by atoms with van der Waals surface area (Å²) in [5.41, 5.74) is 2.50. The molecule has 4 heteroatoms. The maximum Gasteiger partial charge on any atom is 0.251 e. The molecule has 1 unspecified atom stereocenters. The Morgan fingerprint density at radius 3 is 2.52 bits per heavy atom. The molecule has 1 fully saturated rings. The number of carbonyl (C=O) groups is 1. The lowest BCUT2D eigenvalue weighted by atomic mass is 10.0. The van der Waals surface area contributed by atoms with Crippen LogP contribution in [0.5, 0.6) is 5.75 Å². The van der Waals surface area contributed by atoms with Gasteiger partial charge in [-0.2, -0.15) is 0 Å². The molecule has 1 saturated carbocycles. The highest BCUT2D eigenvalue weighted by Crippen LogP contribution is 2.41. The molecule has 1 atom stereocenters. The van der Waals surface area contributed by atoms with Crippen molar-refractivity contribution in [3.8, 4) is 5.75 Å². The quantitative estimate of drug-likeness (QED) is 0.905. The van der Waals surface area contributed by atoms with Crippen molar-refractivity contribution in [2.24, 2.45) is 5.92 Å². The van der Waals surface area contributed by atoms with Crippen LogP contribution in [-0.4, -0.2) is 13.0 Å². The molecule has 1 aliphatic rings. The van der Waals surface area contributed by atoms with E-state index in [0.717, 1.165) is 24.0 Å². The van der Waals surface area contributed by atoms with Crippen LogP contribution in [0.1, 0.15) is 40.4 Å². The van der Waals surface area contributed by atoms with Crippen molar-refractivity contribution in [1.29, 1.82) is 0 Å². The van der Waals surface area contributed by atoms with Gasteiger partial charge >= 0.3 is 0 Å². The van der Waals surface area contributed by atoms with Crippen molar-refractivity contribution < 1.29 is 13.9 Å². The van der Waals surface area contributed by atoms with Gasteiger partial charge in [-0.15, -0.1) is 0 Å². The molecule has 0 spiro atoms. The van der Waals surface area contributed by atoms with Crippen LogP contribution in [0.4, 0.5) is 4.39 Å². The molecule has 23 heavy (non-hydrogen) atoms. The molecule has 0 saturated heterocycles. The number of carbonyl (C=O) groups excluding carboxylic acids is 1. The number of ether oxygens (including phenoxy) is 1. The van der Waals surface area contributed by atoms with Gasteiger partial charge in [-0.05, 0) is 61.1 Å². The summed E-state index contributed by atoms with van der Waals surface area (Å²) in [4.78, 5) is 12.6. The van der Waals surface area contributed by atoms with Crippen molar-refractivity contribution in [3.63, 3.8) is 0 Å². The van der Waals surface area contributed by atoms with Crippen LogP contribution in [0.3, 0.4) is 0 Å². The van der Waals surface area contributed by atoms with E-state index in [-0.39, 0.29) is 17.8 Å². The third-order valence-electron chi connectivity index (χ3n) is 4.28. The first-order valence-corrected chi connectivity index (χ1v) is 7.79. The van der Waals surface area contributed by atoms with Crippen LogP contribution in [0, 0.1) is 18.7 Å². The first-order chi connectivity index (χ1) is 11.1. The molecule has 3 rings (SSSR count). The largest absolute Gasteiger partial charge is 0.496 e. The van der Waals surface area contributed by atoms with Gasteiger partial charge in [-0.1, -0.05) is 18.2 Å². The first-order valence-electron chi connectivity index (χ1n) is 7.79. The molecule has 0 aromatic heterocycles. The fourth-order valence-electron chi connectivity index (χ4n) is 2.76. The van der Waals surface area contributed by atoms with E-state index in [9.17, 15) is 9.18 Å². The minimum absolute atomic E-state index is 0.0737. The lowest BCUT2D eigenvalue weighted by Crippen LogP contribution is -2.29. The van der Waals surface area contributed by atoms with E-state index in [1.165, 1.54) is 12.1 Å². The number of halogens is 1. The fraction of sp³-hybridized carbons (Fsp3) is 0.316. The first kappa shape index (κ1) is 15.5. The molecule has 120 valence electrons. The van der Waals surface area contributed by atoms with Gasteiger partial charge in [0.1, 0.15) is 11.6 Å². The molecule has 0 bridgehead atoms. The summed E-state index contributed by atoms with van der Waals surface area (Å²) in [6.45, 7) is 1.94. The smallest absolute Gasteiger partial charge is 0.251 e. The third-order valence-corrected chi connectivity index (χ3v) is 4.28. The van der Waals surface area contributed by atoms with Crippen LogP contribution in [0.15, 0.2) is 42.5 Å². The minimum atomic E-state index is -0.266. The second kappa shape index (κ2) is 6.41. The lowest BCUT2D eigenvalue weighted by Gasteiger charge is -2.19. The number of aryl methyl sites for hydroxylation is 1.